The first-order chi connectivity index (χ1) is 16.8. The SMILES string of the molecule is C1=CC(c2ccc(OCC3CO3)c(C3CCCCC3)c2)C=CC1c1ccc(OCC2CO2)cc1. The number of hydrogen-bond acceptors (Lipinski definition) is 4. The summed E-state index contributed by atoms with van der Waals surface area (Å²) in [6.07, 6.45) is 16.5. The molecule has 2 aromatic carbocycles. The van der Waals surface area contributed by atoms with Crippen LogP contribution in [0.1, 0.15) is 66.5 Å². The van der Waals surface area contributed by atoms with Crippen molar-refractivity contribution in [1.29, 1.82) is 0 Å². The minimum atomic E-state index is 0.285. The summed E-state index contributed by atoms with van der Waals surface area (Å²) < 4.78 is 22.5. The van der Waals surface area contributed by atoms with Crippen molar-refractivity contribution >= 4 is 0 Å². The molecule has 0 spiro atoms. The van der Waals surface area contributed by atoms with E-state index in [1.165, 1.54) is 48.8 Å². The van der Waals surface area contributed by atoms with Crippen LogP contribution in [0.5, 0.6) is 11.5 Å². The van der Waals surface area contributed by atoms with Gasteiger partial charge in [-0.25, -0.2) is 0 Å². The van der Waals surface area contributed by atoms with Crippen LogP contribution in [0.25, 0.3) is 0 Å². The Hall–Kier alpha value is -2.56. The van der Waals surface area contributed by atoms with Gasteiger partial charge in [-0.05, 0) is 53.6 Å². The minimum absolute atomic E-state index is 0.285. The predicted molar refractivity (Wildman–Crippen MR) is 133 cm³/mol. The number of benzene rings is 2. The van der Waals surface area contributed by atoms with E-state index >= 15 is 0 Å². The molecule has 34 heavy (non-hydrogen) atoms. The molecule has 2 heterocycles. The molecule has 4 heteroatoms. The normalized spacial score (nSPS) is 28.0. The molecule has 3 fully saturated rings. The fourth-order valence-electron chi connectivity index (χ4n) is 5.18. The van der Waals surface area contributed by atoms with Gasteiger partial charge in [-0.15, -0.1) is 0 Å². The van der Waals surface area contributed by atoms with Gasteiger partial charge >= 0.3 is 0 Å². The molecule has 4 aliphatic rings. The molecule has 2 unspecified atom stereocenters. The van der Waals surface area contributed by atoms with Gasteiger partial charge in [0.05, 0.1) is 13.2 Å². The van der Waals surface area contributed by atoms with Crippen LogP contribution in [0.15, 0.2) is 66.8 Å². The fraction of sp³-hybridized carbons (Fsp3) is 0.467. The smallest absolute Gasteiger partial charge is 0.122 e. The maximum absolute atomic E-state index is 6.20. The molecule has 2 aliphatic heterocycles. The lowest BCUT2D eigenvalue weighted by Gasteiger charge is -2.26. The molecule has 0 amide bonds. The van der Waals surface area contributed by atoms with Crippen molar-refractivity contribution in [2.75, 3.05) is 26.4 Å². The molecule has 2 aromatic rings. The van der Waals surface area contributed by atoms with E-state index in [0.29, 0.717) is 31.0 Å². The van der Waals surface area contributed by atoms with Gasteiger partial charge in [-0.1, -0.05) is 67.8 Å². The van der Waals surface area contributed by atoms with E-state index in [1.54, 1.807) is 0 Å². The number of rotatable bonds is 9. The molecule has 6 rings (SSSR count). The standard InChI is InChI=1S/C30H34O4/c1-2-4-24(5-3-1)29-16-25(12-15-30(29)34-20-28-19-33-28)23-8-6-21(7-9-23)22-10-13-26(14-11-22)31-17-27-18-32-27/h6-16,21,23-24,27-28H,1-5,17-20H2. The molecule has 2 aliphatic carbocycles. The zero-order chi connectivity index (χ0) is 22.7. The Morgan fingerprint density at radius 3 is 1.91 bits per heavy atom. The molecule has 4 nitrogen and oxygen atoms in total. The lowest BCUT2D eigenvalue weighted by atomic mass is 9.81. The van der Waals surface area contributed by atoms with Crippen LogP contribution in [0, 0.1) is 0 Å². The molecule has 178 valence electrons. The molecule has 0 radical (unpaired) electrons. The number of allylic oxidation sites excluding steroid dienone is 4. The van der Waals surface area contributed by atoms with Crippen molar-refractivity contribution in [2.24, 2.45) is 0 Å². The van der Waals surface area contributed by atoms with Crippen LogP contribution in [-0.4, -0.2) is 38.6 Å². The average Bonchev–Trinajstić information content (AvgIpc) is 3.83. The number of hydrogen-bond donors (Lipinski definition) is 0. The summed E-state index contributed by atoms with van der Waals surface area (Å²) in [6, 6.07) is 15.3. The van der Waals surface area contributed by atoms with Gasteiger partial charge in [-0.3, -0.25) is 0 Å². The van der Waals surface area contributed by atoms with Crippen molar-refractivity contribution in [2.45, 2.75) is 62.1 Å². The first-order valence-corrected chi connectivity index (χ1v) is 12.9. The molecule has 0 bridgehead atoms. The molecule has 2 saturated heterocycles. The van der Waals surface area contributed by atoms with Crippen LogP contribution in [-0.2, 0) is 9.47 Å². The molecule has 2 atom stereocenters. The molecule has 0 aromatic heterocycles. The maximum atomic E-state index is 6.20. The van der Waals surface area contributed by atoms with Gasteiger partial charge in [0.1, 0.15) is 36.9 Å². The third kappa shape index (κ3) is 5.39. The van der Waals surface area contributed by atoms with Crippen LogP contribution in [0.3, 0.4) is 0 Å². The lowest BCUT2D eigenvalue weighted by Crippen LogP contribution is -2.11. The van der Waals surface area contributed by atoms with E-state index in [9.17, 15) is 0 Å². The zero-order valence-electron chi connectivity index (χ0n) is 19.7. The highest BCUT2D eigenvalue weighted by Crippen LogP contribution is 2.40. The third-order valence-corrected chi connectivity index (χ3v) is 7.45. The topological polar surface area (TPSA) is 43.5 Å². The van der Waals surface area contributed by atoms with Gasteiger partial charge in [-0.2, -0.15) is 0 Å². The van der Waals surface area contributed by atoms with Crippen molar-refractivity contribution < 1.29 is 18.9 Å². The lowest BCUT2D eigenvalue weighted by molar-refractivity contribution is 0.258. The summed E-state index contributed by atoms with van der Waals surface area (Å²) in [6.45, 7) is 2.97. The van der Waals surface area contributed by atoms with E-state index in [1.807, 2.05) is 0 Å². The minimum Gasteiger partial charge on any atom is -0.491 e. The van der Waals surface area contributed by atoms with Crippen molar-refractivity contribution in [1.82, 2.24) is 0 Å². The first kappa shape index (κ1) is 21.9. The van der Waals surface area contributed by atoms with E-state index in [4.69, 9.17) is 18.9 Å². The maximum Gasteiger partial charge on any atom is 0.122 e. The van der Waals surface area contributed by atoms with Gasteiger partial charge in [0, 0.05) is 11.8 Å². The van der Waals surface area contributed by atoms with E-state index in [-0.39, 0.29) is 12.2 Å². The molecular weight excluding hydrogens is 424 g/mol. The van der Waals surface area contributed by atoms with Crippen molar-refractivity contribution in [3.8, 4) is 11.5 Å². The highest BCUT2D eigenvalue weighted by Gasteiger charge is 2.26. The second-order valence-corrected chi connectivity index (χ2v) is 10.1. The second kappa shape index (κ2) is 9.97. The summed E-state index contributed by atoms with van der Waals surface area (Å²) in [4.78, 5) is 0. The summed E-state index contributed by atoms with van der Waals surface area (Å²) in [5.41, 5.74) is 4.04. The van der Waals surface area contributed by atoms with Crippen LogP contribution < -0.4 is 9.47 Å². The largest absolute Gasteiger partial charge is 0.491 e. The van der Waals surface area contributed by atoms with E-state index in [2.05, 4.69) is 66.8 Å². The Kier molecular flexibility index (Phi) is 6.43. The quantitative estimate of drug-likeness (QED) is 0.327. The molecule has 0 N–H and O–H groups in total. The fourth-order valence-corrected chi connectivity index (χ4v) is 5.18. The summed E-state index contributed by atoms with van der Waals surface area (Å²) in [7, 11) is 0. The Balaban J connectivity index is 1.14. The monoisotopic (exact) mass is 458 g/mol. The number of epoxide rings is 2. The van der Waals surface area contributed by atoms with Crippen LogP contribution >= 0.6 is 0 Å². The van der Waals surface area contributed by atoms with Gasteiger partial charge in [0.25, 0.3) is 0 Å². The van der Waals surface area contributed by atoms with E-state index < -0.39 is 0 Å². The van der Waals surface area contributed by atoms with Crippen molar-refractivity contribution in [3.63, 3.8) is 0 Å². The Morgan fingerprint density at radius 1 is 0.676 bits per heavy atom. The Morgan fingerprint density at radius 2 is 1.26 bits per heavy atom. The molecule has 1 saturated carbocycles. The zero-order valence-corrected chi connectivity index (χ0v) is 19.7. The highest BCUT2D eigenvalue weighted by molar-refractivity contribution is 5.45. The van der Waals surface area contributed by atoms with Crippen LogP contribution in [0.2, 0.25) is 0 Å². The van der Waals surface area contributed by atoms with Gasteiger partial charge in [0.15, 0.2) is 0 Å². The third-order valence-electron chi connectivity index (χ3n) is 7.45. The predicted octanol–water partition coefficient (Wildman–Crippen LogP) is 6.28. The Bertz CT molecular complexity index is 1010. The number of ether oxygens (including phenoxy) is 4. The van der Waals surface area contributed by atoms with Crippen LogP contribution in [0.4, 0.5) is 0 Å². The molecular formula is C30H34O4. The summed E-state index contributed by atoms with van der Waals surface area (Å²) in [5.74, 6) is 3.19. The second-order valence-electron chi connectivity index (χ2n) is 10.1. The van der Waals surface area contributed by atoms with Gasteiger partial charge in [0.2, 0.25) is 0 Å². The van der Waals surface area contributed by atoms with Crippen molar-refractivity contribution in [3.05, 3.63) is 83.5 Å². The Labute approximate surface area is 202 Å². The highest BCUT2D eigenvalue weighted by atomic mass is 16.6. The average molecular weight is 459 g/mol. The van der Waals surface area contributed by atoms with E-state index in [0.717, 1.165) is 24.7 Å². The summed E-state index contributed by atoms with van der Waals surface area (Å²) in [5, 5.41) is 0. The first-order valence-electron chi connectivity index (χ1n) is 12.9. The van der Waals surface area contributed by atoms with Gasteiger partial charge < -0.3 is 18.9 Å². The summed E-state index contributed by atoms with van der Waals surface area (Å²) >= 11 is 0.